The molecule has 2 aromatic rings. The molecule has 0 saturated heterocycles. The maximum absolute atomic E-state index is 14.2. The van der Waals surface area contributed by atoms with Crippen LogP contribution in [0.25, 0.3) is 0 Å². The van der Waals surface area contributed by atoms with Crippen LogP contribution in [-0.2, 0) is 23.2 Å². The third-order valence-electron chi connectivity index (χ3n) is 3.68. The molecule has 0 aliphatic heterocycles. The van der Waals surface area contributed by atoms with E-state index in [9.17, 15) is 14.4 Å². The molecular weight excluding hydrogens is 309 g/mol. The minimum atomic E-state index is -1.13. The van der Waals surface area contributed by atoms with Crippen molar-refractivity contribution < 1.29 is 19.0 Å². The van der Waals surface area contributed by atoms with Crippen LogP contribution in [0.1, 0.15) is 30.5 Å². The fourth-order valence-corrected chi connectivity index (χ4v) is 2.30. The summed E-state index contributed by atoms with van der Waals surface area (Å²) in [6, 6.07) is 14.1. The molecule has 0 heterocycles. The number of ether oxygens (including phenoxy) is 1. The molecule has 0 aromatic heterocycles. The van der Waals surface area contributed by atoms with Crippen LogP contribution < -0.4 is 4.74 Å². The number of hydrogen-bond acceptors (Lipinski definition) is 3. The predicted molar refractivity (Wildman–Crippen MR) is 87.2 cm³/mol. The summed E-state index contributed by atoms with van der Waals surface area (Å²) in [7, 11) is 0. The SMILES string of the molecule is CC(C)(C#N)c1cc(F)c(CC(=O)O)cc1OCc1ccccc1. The average molecular weight is 327 g/mol. The summed E-state index contributed by atoms with van der Waals surface area (Å²) in [5.74, 6) is -1.46. The first-order chi connectivity index (χ1) is 11.3. The number of carboxylic acid groups (broad SMARTS) is 1. The predicted octanol–water partition coefficient (Wildman–Crippen LogP) is 3.83. The van der Waals surface area contributed by atoms with Crippen LogP contribution in [0.2, 0.25) is 0 Å². The van der Waals surface area contributed by atoms with Crippen molar-refractivity contribution in [2.24, 2.45) is 0 Å². The second kappa shape index (κ2) is 7.14. The zero-order valence-electron chi connectivity index (χ0n) is 13.5. The Hall–Kier alpha value is -2.87. The second-order valence-corrected chi connectivity index (χ2v) is 6.02. The second-order valence-electron chi connectivity index (χ2n) is 6.02. The van der Waals surface area contributed by atoms with Crippen LogP contribution in [0.5, 0.6) is 5.75 Å². The van der Waals surface area contributed by atoms with Gasteiger partial charge < -0.3 is 9.84 Å². The van der Waals surface area contributed by atoms with Crippen molar-refractivity contribution in [3.63, 3.8) is 0 Å². The number of aliphatic carboxylic acids is 1. The standard InChI is InChI=1S/C19H18FNO3/c1-19(2,12-21)15-10-16(20)14(9-18(22)23)8-17(15)24-11-13-6-4-3-5-7-13/h3-8,10H,9,11H2,1-2H3,(H,22,23). The molecule has 24 heavy (non-hydrogen) atoms. The number of benzene rings is 2. The van der Waals surface area contributed by atoms with Crippen LogP contribution in [-0.4, -0.2) is 11.1 Å². The number of rotatable bonds is 6. The summed E-state index contributed by atoms with van der Waals surface area (Å²) in [6.45, 7) is 3.57. The van der Waals surface area contributed by atoms with Gasteiger partial charge in [0.1, 0.15) is 18.2 Å². The Kier molecular flexibility index (Phi) is 5.20. The first-order valence-corrected chi connectivity index (χ1v) is 7.46. The lowest BCUT2D eigenvalue weighted by Crippen LogP contribution is -2.17. The summed E-state index contributed by atoms with van der Waals surface area (Å²) in [5.41, 5.74) is 0.382. The Morgan fingerprint density at radius 2 is 1.96 bits per heavy atom. The zero-order valence-corrected chi connectivity index (χ0v) is 13.5. The third-order valence-corrected chi connectivity index (χ3v) is 3.68. The largest absolute Gasteiger partial charge is 0.489 e. The van der Waals surface area contributed by atoms with E-state index in [1.807, 2.05) is 30.3 Å². The Morgan fingerprint density at radius 1 is 1.29 bits per heavy atom. The summed E-state index contributed by atoms with van der Waals surface area (Å²) in [6.07, 6.45) is -0.444. The van der Waals surface area contributed by atoms with Gasteiger partial charge in [0.15, 0.2) is 0 Å². The van der Waals surface area contributed by atoms with Crippen molar-refractivity contribution >= 4 is 5.97 Å². The Morgan fingerprint density at radius 3 is 2.54 bits per heavy atom. The van der Waals surface area contributed by atoms with Gasteiger partial charge in [0.05, 0.1) is 17.9 Å². The number of carboxylic acids is 1. The molecule has 0 spiro atoms. The van der Waals surface area contributed by atoms with E-state index in [2.05, 4.69) is 6.07 Å². The first-order valence-electron chi connectivity index (χ1n) is 7.46. The lowest BCUT2D eigenvalue weighted by atomic mass is 9.84. The van der Waals surface area contributed by atoms with E-state index in [-0.39, 0.29) is 12.2 Å². The van der Waals surface area contributed by atoms with Gasteiger partial charge in [-0.05, 0) is 31.5 Å². The van der Waals surface area contributed by atoms with Gasteiger partial charge in [-0.15, -0.1) is 0 Å². The van der Waals surface area contributed by atoms with E-state index >= 15 is 0 Å². The van der Waals surface area contributed by atoms with Crippen LogP contribution in [0, 0.1) is 17.1 Å². The van der Waals surface area contributed by atoms with E-state index in [1.54, 1.807) is 13.8 Å². The zero-order chi connectivity index (χ0) is 17.7. The maximum Gasteiger partial charge on any atom is 0.307 e. The van der Waals surface area contributed by atoms with Crippen molar-refractivity contribution in [1.29, 1.82) is 5.26 Å². The van der Waals surface area contributed by atoms with Crippen LogP contribution in [0.4, 0.5) is 4.39 Å². The number of nitriles is 1. The molecule has 2 aromatic carbocycles. The lowest BCUT2D eigenvalue weighted by Gasteiger charge is -2.21. The van der Waals surface area contributed by atoms with Gasteiger partial charge >= 0.3 is 5.97 Å². The molecule has 2 rings (SSSR count). The van der Waals surface area contributed by atoms with Gasteiger partial charge in [-0.1, -0.05) is 30.3 Å². The lowest BCUT2D eigenvalue weighted by molar-refractivity contribution is -0.136. The molecule has 0 aliphatic rings. The van der Waals surface area contributed by atoms with Crippen molar-refractivity contribution in [1.82, 2.24) is 0 Å². The fraction of sp³-hybridized carbons (Fsp3) is 0.263. The molecule has 5 heteroatoms. The van der Waals surface area contributed by atoms with Crippen LogP contribution >= 0.6 is 0 Å². The molecule has 1 N–H and O–H groups in total. The average Bonchev–Trinajstić information content (AvgIpc) is 2.55. The number of carbonyl (C=O) groups is 1. The molecular formula is C19H18FNO3. The quantitative estimate of drug-likeness (QED) is 0.875. The molecule has 0 atom stereocenters. The van der Waals surface area contributed by atoms with Crippen LogP contribution in [0.15, 0.2) is 42.5 Å². The number of hydrogen-bond donors (Lipinski definition) is 1. The highest BCUT2D eigenvalue weighted by atomic mass is 19.1. The van der Waals surface area contributed by atoms with E-state index in [4.69, 9.17) is 9.84 Å². The van der Waals surface area contributed by atoms with Gasteiger partial charge in [-0.25, -0.2) is 4.39 Å². The van der Waals surface area contributed by atoms with Gasteiger partial charge in [0.2, 0.25) is 0 Å². The van der Waals surface area contributed by atoms with Gasteiger partial charge in [0.25, 0.3) is 0 Å². The van der Waals surface area contributed by atoms with E-state index in [0.29, 0.717) is 11.3 Å². The van der Waals surface area contributed by atoms with Gasteiger partial charge in [0, 0.05) is 11.1 Å². The van der Waals surface area contributed by atoms with Crippen molar-refractivity contribution in [3.05, 3.63) is 65.0 Å². The van der Waals surface area contributed by atoms with E-state index in [0.717, 1.165) is 5.56 Å². The first kappa shape index (κ1) is 17.5. The minimum Gasteiger partial charge on any atom is -0.489 e. The monoisotopic (exact) mass is 327 g/mol. The van der Waals surface area contributed by atoms with Gasteiger partial charge in [-0.3, -0.25) is 4.79 Å². The third kappa shape index (κ3) is 4.11. The molecule has 0 aliphatic carbocycles. The highest BCUT2D eigenvalue weighted by Crippen LogP contribution is 2.34. The highest BCUT2D eigenvalue weighted by molar-refractivity contribution is 5.70. The minimum absolute atomic E-state index is 0.0306. The van der Waals surface area contributed by atoms with Crippen molar-refractivity contribution in [2.45, 2.75) is 32.3 Å². The maximum atomic E-state index is 14.2. The molecule has 0 amide bonds. The Labute approximate surface area is 140 Å². The highest BCUT2D eigenvalue weighted by Gasteiger charge is 2.26. The summed E-state index contributed by atoms with van der Waals surface area (Å²) in [4.78, 5) is 10.9. The molecule has 4 nitrogen and oxygen atoms in total. The summed E-state index contributed by atoms with van der Waals surface area (Å²) in [5, 5.41) is 18.2. The molecule has 0 fully saturated rings. The Balaban J connectivity index is 2.41. The fourth-order valence-electron chi connectivity index (χ4n) is 2.30. The summed E-state index contributed by atoms with van der Waals surface area (Å²) >= 11 is 0. The van der Waals surface area contributed by atoms with Crippen molar-refractivity contribution in [2.75, 3.05) is 0 Å². The summed E-state index contributed by atoms with van der Waals surface area (Å²) < 4.78 is 20.0. The normalized spacial score (nSPS) is 10.9. The molecule has 0 unspecified atom stereocenters. The molecule has 0 bridgehead atoms. The van der Waals surface area contributed by atoms with Crippen molar-refractivity contribution in [3.8, 4) is 11.8 Å². The van der Waals surface area contributed by atoms with Gasteiger partial charge in [-0.2, -0.15) is 5.26 Å². The topological polar surface area (TPSA) is 70.3 Å². The molecule has 0 radical (unpaired) electrons. The Bertz CT molecular complexity index is 779. The smallest absolute Gasteiger partial charge is 0.307 e. The van der Waals surface area contributed by atoms with Crippen LogP contribution in [0.3, 0.4) is 0 Å². The molecule has 0 saturated carbocycles. The molecule has 124 valence electrons. The van der Waals surface area contributed by atoms with E-state index in [1.165, 1.54) is 12.1 Å². The number of nitrogens with zero attached hydrogens (tertiary/aromatic N) is 1. The van der Waals surface area contributed by atoms with E-state index < -0.39 is 23.6 Å². The number of halogens is 1.